The molecular weight excluding hydrogens is 452 g/mol. The van der Waals surface area contributed by atoms with Crippen molar-refractivity contribution < 1.29 is 22.6 Å². The van der Waals surface area contributed by atoms with Crippen LogP contribution in [0.3, 0.4) is 0 Å². The number of sulfonamides is 1. The van der Waals surface area contributed by atoms with E-state index in [2.05, 4.69) is 31.7 Å². The minimum absolute atomic E-state index is 0.0181. The maximum absolute atomic E-state index is 13.7. The summed E-state index contributed by atoms with van der Waals surface area (Å²) in [5.74, 6) is -0.524. The van der Waals surface area contributed by atoms with Crippen LogP contribution >= 0.6 is 0 Å². The van der Waals surface area contributed by atoms with Crippen molar-refractivity contribution in [3.05, 3.63) is 41.5 Å². The summed E-state index contributed by atoms with van der Waals surface area (Å²) in [5.41, 5.74) is 2.18. The first kappa shape index (κ1) is 24.4. The molecular formula is C26H38N2O5S. The third kappa shape index (κ3) is 4.61. The number of ether oxygens (including phenoxy) is 3. The number of fused-ring (bicyclic) bond motifs is 1. The van der Waals surface area contributed by atoms with E-state index in [0.717, 1.165) is 57.7 Å². The third-order valence-electron chi connectivity index (χ3n) is 7.95. The highest BCUT2D eigenvalue weighted by atomic mass is 32.2. The predicted molar refractivity (Wildman–Crippen MR) is 130 cm³/mol. The summed E-state index contributed by atoms with van der Waals surface area (Å²) in [4.78, 5) is 2.80. The average molecular weight is 491 g/mol. The van der Waals surface area contributed by atoms with Crippen molar-refractivity contribution in [2.45, 2.75) is 56.1 Å². The van der Waals surface area contributed by atoms with Crippen LogP contribution in [0.4, 0.5) is 0 Å². The van der Waals surface area contributed by atoms with E-state index >= 15 is 0 Å². The van der Waals surface area contributed by atoms with Gasteiger partial charge in [0.2, 0.25) is 10.0 Å². The van der Waals surface area contributed by atoms with Crippen LogP contribution in [0.2, 0.25) is 0 Å². The van der Waals surface area contributed by atoms with Crippen molar-refractivity contribution in [2.24, 2.45) is 5.41 Å². The molecule has 2 saturated heterocycles. The van der Waals surface area contributed by atoms with Gasteiger partial charge in [0.05, 0.1) is 31.3 Å². The number of hydrogen-bond donors (Lipinski definition) is 0. The summed E-state index contributed by atoms with van der Waals surface area (Å²) in [7, 11) is -3.60. The van der Waals surface area contributed by atoms with E-state index in [1.165, 1.54) is 5.57 Å². The zero-order valence-corrected chi connectivity index (χ0v) is 21.5. The molecule has 0 N–H and O–H groups in total. The summed E-state index contributed by atoms with van der Waals surface area (Å²) in [5, 5.41) is 0. The molecule has 3 fully saturated rings. The van der Waals surface area contributed by atoms with E-state index in [-0.39, 0.29) is 10.8 Å². The van der Waals surface area contributed by atoms with Gasteiger partial charge in [0.15, 0.2) is 5.79 Å². The Morgan fingerprint density at radius 1 is 0.971 bits per heavy atom. The largest absolute Gasteiger partial charge is 0.379 e. The fourth-order valence-electron chi connectivity index (χ4n) is 5.86. The van der Waals surface area contributed by atoms with Crippen molar-refractivity contribution in [2.75, 3.05) is 59.2 Å². The Morgan fingerprint density at radius 3 is 2.29 bits per heavy atom. The van der Waals surface area contributed by atoms with E-state index in [1.54, 1.807) is 16.4 Å². The standard InChI is InChI=1S/C26H38N2O5S/c1-24(2,3)21-4-6-23(7-5-21)34(29,30)28-11-8-22-18-26(32-16-17-33-26)10-9-25(22,20-28)19-27-12-14-31-15-13-27/h4-8H,9-20H2,1-3H3/t25-/m0/s1. The number of hydrogen-bond acceptors (Lipinski definition) is 6. The number of rotatable bonds is 4. The van der Waals surface area contributed by atoms with Crippen molar-refractivity contribution in [3.63, 3.8) is 0 Å². The fourth-order valence-corrected chi connectivity index (χ4v) is 7.33. The van der Waals surface area contributed by atoms with Crippen LogP contribution < -0.4 is 0 Å². The fraction of sp³-hybridized carbons (Fsp3) is 0.692. The molecule has 4 aliphatic rings. The van der Waals surface area contributed by atoms with E-state index in [0.29, 0.717) is 31.2 Å². The van der Waals surface area contributed by atoms with E-state index < -0.39 is 15.8 Å². The first-order valence-electron chi connectivity index (χ1n) is 12.5. The Bertz CT molecular complexity index is 1020. The second-order valence-corrected chi connectivity index (χ2v) is 13.2. The highest BCUT2D eigenvalue weighted by molar-refractivity contribution is 7.89. The lowest BCUT2D eigenvalue weighted by Gasteiger charge is -2.51. The van der Waals surface area contributed by atoms with Gasteiger partial charge in [0.25, 0.3) is 0 Å². The molecule has 3 heterocycles. The Labute approximate surface area is 204 Å². The summed E-state index contributed by atoms with van der Waals surface area (Å²) >= 11 is 0. The van der Waals surface area contributed by atoms with Gasteiger partial charge >= 0.3 is 0 Å². The first-order chi connectivity index (χ1) is 16.1. The molecule has 1 aromatic carbocycles. The third-order valence-corrected chi connectivity index (χ3v) is 9.77. The highest BCUT2D eigenvalue weighted by Crippen LogP contribution is 2.51. The summed E-state index contributed by atoms with van der Waals surface area (Å²) < 4.78 is 46.8. The molecule has 0 radical (unpaired) electrons. The van der Waals surface area contributed by atoms with Crippen LogP contribution in [0.1, 0.15) is 45.6 Å². The smallest absolute Gasteiger partial charge is 0.243 e. The first-order valence-corrected chi connectivity index (χ1v) is 13.9. The zero-order chi connectivity index (χ0) is 24.0. The molecule has 1 spiro atoms. The lowest BCUT2D eigenvalue weighted by Crippen LogP contribution is -2.56. The van der Waals surface area contributed by atoms with E-state index in [9.17, 15) is 8.42 Å². The minimum Gasteiger partial charge on any atom is -0.379 e. The maximum atomic E-state index is 13.7. The van der Waals surface area contributed by atoms with E-state index in [4.69, 9.17) is 14.2 Å². The van der Waals surface area contributed by atoms with Crippen molar-refractivity contribution >= 4 is 10.0 Å². The van der Waals surface area contributed by atoms with Crippen molar-refractivity contribution in [1.29, 1.82) is 0 Å². The van der Waals surface area contributed by atoms with Crippen molar-refractivity contribution in [1.82, 2.24) is 9.21 Å². The topological polar surface area (TPSA) is 68.3 Å². The molecule has 1 aromatic rings. The molecule has 8 heteroatoms. The second-order valence-electron chi connectivity index (χ2n) is 11.3. The van der Waals surface area contributed by atoms with Gasteiger partial charge in [-0.05, 0) is 29.5 Å². The van der Waals surface area contributed by atoms with Crippen LogP contribution in [-0.2, 0) is 29.6 Å². The van der Waals surface area contributed by atoms with Gasteiger partial charge < -0.3 is 14.2 Å². The lowest BCUT2D eigenvalue weighted by atomic mass is 9.66. The summed E-state index contributed by atoms with van der Waals surface area (Å²) in [6.45, 7) is 12.6. The molecule has 0 unspecified atom stereocenters. The van der Waals surface area contributed by atoms with Crippen LogP contribution in [-0.4, -0.2) is 82.6 Å². The molecule has 0 aromatic heterocycles. The van der Waals surface area contributed by atoms with Gasteiger partial charge in [0, 0.05) is 51.0 Å². The van der Waals surface area contributed by atoms with E-state index in [1.807, 2.05) is 12.1 Å². The normalized spacial score (nSPS) is 28.6. The summed E-state index contributed by atoms with van der Waals surface area (Å²) in [6, 6.07) is 7.42. The van der Waals surface area contributed by atoms with Gasteiger partial charge in [0.1, 0.15) is 0 Å². The lowest BCUT2D eigenvalue weighted by molar-refractivity contribution is -0.180. The minimum atomic E-state index is -3.60. The van der Waals surface area contributed by atoms with Crippen molar-refractivity contribution in [3.8, 4) is 0 Å². The van der Waals surface area contributed by atoms with Crippen LogP contribution in [0.25, 0.3) is 0 Å². The molecule has 188 valence electrons. The molecule has 1 atom stereocenters. The SMILES string of the molecule is CC(C)(C)c1ccc(S(=O)(=O)N2CC=C3CC4(CC[C@]3(CN3CCOCC3)C2)OCCO4)cc1. The number of nitrogens with zero attached hydrogens (tertiary/aromatic N) is 2. The highest BCUT2D eigenvalue weighted by Gasteiger charge is 2.52. The molecule has 0 amide bonds. The molecule has 1 saturated carbocycles. The average Bonchev–Trinajstić information content (AvgIpc) is 3.27. The Morgan fingerprint density at radius 2 is 1.65 bits per heavy atom. The predicted octanol–water partition coefficient (Wildman–Crippen LogP) is 3.16. The van der Waals surface area contributed by atoms with Crippen LogP contribution in [0, 0.1) is 5.41 Å². The number of morpholine rings is 1. The zero-order valence-electron chi connectivity index (χ0n) is 20.7. The Kier molecular flexibility index (Phi) is 6.45. The quantitative estimate of drug-likeness (QED) is 0.604. The molecule has 7 nitrogen and oxygen atoms in total. The second kappa shape index (κ2) is 8.98. The van der Waals surface area contributed by atoms with Crippen LogP contribution in [0.15, 0.2) is 40.8 Å². The van der Waals surface area contributed by atoms with Crippen LogP contribution in [0.5, 0.6) is 0 Å². The van der Waals surface area contributed by atoms with Gasteiger partial charge in [-0.15, -0.1) is 0 Å². The molecule has 3 aliphatic heterocycles. The summed E-state index contributed by atoms with van der Waals surface area (Å²) in [6.07, 6.45) is 4.51. The van der Waals surface area contributed by atoms with Gasteiger partial charge in [-0.3, -0.25) is 4.90 Å². The Balaban J connectivity index is 1.43. The number of benzene rings is 1. The van der Waals surface area contributed by atoms with Gasteiger partial charge in [-0.2, -0.15) is 4.31 Å². The van der Waals surface area contributed by atoms with Gasteiger partial charge in [-0.1, -0.05) is 44.6 Å². The Hall–Kier alpha value is -1.29. The maximum Gasteiger partial charge on any atom is 0.243 e. The molecule has 1 aliphatic carbocycles. The molecule has 34 heavy (non-hydrogen) atoms. The van der Waals surface area contributed by atoms with Gasteiger partial charge in [-0.25, -0.2) is 8.42 Å². The monoisotopic (exact) mass is 490 g/mol. The molecule has 5 rings (SSSR count). The molecule has 0 bridgehead atoms.